The Hall–Kier alpha value is -2.10. The average Bonchev–Trinajstić information content (AvgIpc) is 3.00. The topological polar surface area (TPSA) is 55.1 Å². The van der Waals surface area contributed by atoms with E-state index in [-0.39, 0.29) is 5.91 Å². The summed E-state index contributed by atoms with van der Waals surface area (Å²) in [4.78, 5) is 16.0. The van der Waals surface area contributed by atoms with Crippen molar-refractivity contribution in [2.24, 2.45) is 5.92 Å². The molecule has 1 N–H and O–H groups in total. The molecule has 0 saturated heterocycles. The highest BCUT2D eigenvalue weighted by Gasteiger charge is 2.36. The number of hydrogen-bond donors (Lipinski definition) is 1. The van der Waals surface area contributed by atoms with Gasteiger partial charge in [0, 0.05) is 25.0 Å². The summed E-state index contributed by atoms with van der Waals surface area (Å²) in [6.45, 7) is 4.20. The molecular formula is C17H20N2O2. The van der Waals surface area contributed by atoms with E-state index in [1.54, 1.807) is 6.20 Å². The monoisotopic (exact) mass is 284 g/mol. The van der Waals surface area contributed by atoms with Crippen LogP contribution >= 0.6 is 0 Å². The largest absolute Gasteiger partial charge is 0.466 e. The highest BCUT2D eigenvalue weighted by Crippen LogP contribution is 2.47. The highest BCUT2D eigenvalue weighted by atomic mass is 16.3. The van der Waals surface area contributed by atoms with Crippen molar-refractivity contribution < 1.29 is 9.21 Å². The van der Waals surface area contributed by atoms with Gasteiger partial charge in [0.1, 0.15) is 17.3 Å². The van der Waals surface area contributed by atoms with Gasteiger partial charge in [-0.05, 0) is 49.1 Å². The molecule has 4 nitrogen and oxygen atoms in total. The van der Waals surface area contributed by atoms with E-state index in [0.717, 1.165) is 23.0 Å². The minimum atomic E-state index is -0.0363. The van der Waals surface area contributed by atoms with E-state index in [1.165, 1.54) is 6.42 Å². The molecule has 1 aliphatic rings. The van der Waals surface area contributed by atoms with Crippen molar-refractivity contribution in [1.29, 1.82) is 0 Å². The fourth-order valence-electron chi connectivity index (χ4n) is 2.49. The first-order valence-corrected chi connectivity index (χ1v) is 7.43. The Morgan fingerprint density at radius 3 is 2.95 bits per heavy atom. The number of aromatic nitrogens is 1. The van der Waals surface area contributed by atoms with Crippen molar-refractivity contribution in [3.8, 4) is 0 Å². The molecular weight excluding hydrogens is 264 g/mol. The third-order valence-corrected chi connectivity index (χ3v) is 3.94. The Kier molecular flexibility index (Phi) is 3.78. The van der Waals surface area contributed by atoms with Gasteiger partial charge in [-0.25, -0.2) is 4.98 Å². The molecule has 2 heterocycles. The van der Waals surface area contributed by atoms with Crippen LogP contribution in [0.5, 0.6) is 0 Å². The number of pyridine rings is 1. The summed E-state index contributed by atoms with van der Waals surface area (Å²) >= 11 is 0. The molecule has 21 heavy (non-hydrogen) atoms. The summed E-state index contributed by atoms with van der Waals surface area (Å²) in [7, 11) is 0. The van der Waals surface area contributed by atoms with Crippen molar-refractivity contribution in [2.45, 2.75) is 39.0 Å². The Morgan fingerprint density at radius 1 is 1.43 bits per heavy atom. The smallest absolute Gasteiger partial charge is 0.225 e. The van der Waals surface area contributed by atoms with Gasteiger partial charge in [0.05, 0.1) is 0 Å². The molecule has 1 amide bonds. The van der Waals surface area contributed by atoms with Crippen LogP contribution in [-0.2, 0) is 11.2 Å². The Labute approximate surface area is 124 Å². The molecule has 110 valence electrons. The standard InChI is InChI=1S/C17H20N2O2/c1-11-7-8-18-16(9-11)19-17(20)6-4-13-3-5-15(21-13)14-10-12(14)2/h3,5,7-9,12,14H,4,6,10H2,1-2H3,(H,18,19,20)/t12-,14-/m1/s1. The van der Waals surface area contributed by atoms with Gasteiger partial charge in [-0.3, -0.25) is 4.79 Å². The summed E-state index contributed by atoms with van der Waals surface area (Å²) in [5.74, 6) is 3.84. The van der Waals surface area contributed by atoms with Crippen molar-refractivity contribution in [2.75, 3.05) is 5.32 Å². The molecule has 0 radical (unpaired) electrons. The Balaban J connectivity index is 1.50. The molecule has 0 spiro atoms. The number of rotatable bonds is 5. The van der Waals surface area contributed by atoms with Gasteiger partial charge in [0.2, 0.25) is 5.91 Å². The van der Waals surface area contributed by atoms with Crippen molar-refractivity contribution in [3.05, 3.63) is 47.5 Å². The lowest BCUT2D eigenvalue weighted by Gasteiger charge is -2.04. The van der Waals surface area contributed by atoms with Gasteiger partial charge in [-0.2, -0.15) is 0 Å². The third-order valence-electron chi connectivity index (χ3n) is 3.94. The molecule has 4 heteroatoms. The fourth-order valence-corrected chi connectivity index (χ4v) is 2.49. The molecule has 1 saturated carbocycles. The van der Waals surface area contributed by atoms with Crippen LogP contribution in [0.3, 0.4) is 0 Å². The second-order valence-electron chi connectivity index (χ2n) is 5.89. The normalized spacial score (nSPS) is 20.3. The minimum Gasteiger partial charge on any atom is -0.466 e. The first-order chi connectivity index (χ1) is 10.1. The molecule has 1 aliphatic carbocycles. The number of hydrogen-bond acceptors (Lipinski definition) is 3. The summed E-state index contributed by atoms with van der Waals surface area (Å²) in [6.07, 6.45) is 3.94. The number of furan rings is 1. The maximum Gasteiger partial charge on any atom is 0.225 e. The van der Waals surface area contributed by atoms with Gasteiger partial charge < -0.3 is 9.73 Å². The number of amides is 1. The average molecular weight is 284 g/mol. The minimum absolute atomic E-state index is 0.0363. The lowest BCUT2D eigenvalue weighted by molar-refractivity contribution is -0.116. The lowest BCUT2D eigenvalue weighted by atomic mass is 10.2. The molecule has 0 aliphatic heterocycles. The van der Waals surface area contributed by atoms with Gasteiger partial charge in [-0.15, -0.1) is 0 Å². The van der Waals surface area contributed by atoms with E-state index >= 15 is 0 Å². The zero-order valence-electron chi connectivity index (χ0n) is 12.4. The van der Waals surface area contributed by atoms with Crippen LogP contribution in [0.1, 0.15) is 42.8 Å². The van der Waals surface area contributed by atoms with Crippen LogP contribution in [0.4, 0.5) is 5.82 Å². The molecule has 2 aromatic heterocycles. The fraction of sp³-hybridized carbons (Fsp3) is 0.412. The molecule has 2 aromatic rings. The number of aryl methyl sites for hydroxylation is 2. The van der Waals surface area contributed by atoms with Gasteiger partial charge in [0.15, 0.2) is 0 Å². The predicted octanol–water partition coefficient (Wildman–Crippen LogP) is 3.68. The summed E-state index contributed by atoms with van der Waals surface area (Å²) in [5.41, 5.74) is 1.08. The second kappa shape index (κ2) is 5.72. The summed E-state index contributed by atoms with van der Waals surface area (Å²) in [6, 6.07) is 7.79. The van der Waals surface area contributed by atoms with Crippen LogP contribution in [0.2, 0.25) is 0 Å². The molecule has 1 fully saturated rings. The molecule has 0 aromatic carbocycles. The molecule has 3 rings (SSSR count). The highest BCUT2D eigenvalue weighted by molar-refractivity contribution is 5.89. The number of anilines is 1. The zero-order valence-corrected chi connectivity index (χ0v) is 12.4. The van der Waals surface area contributed by atoms with E-state index in [9.17, 15) is 4.79 Å². The van der Waals surface area contributed by atoms with Crippen LogP contribution in [0, 0.1) is 12.8 Å². The second-order valence-corrected chi connectivity index (χ2v) is 5.89. The first kappa shape index (κ1) is 13.9. The first-order valence-electron chi connectivity index (χ1n) is 7.43. The Morgan fingerprint density at radius 2 is 2.24 bits per heavy atom. The van der Waals surface area contributed by atoms with E-state index in [2.05, 4.69) is 17.2 Å². The molecule has 0 bridgehead atoms. The maximum absolute atomic E-state index is 11.9. The summed E-state index contributed by atoms with van der Waals surface area (Å²) < 4.78 is 5.80. The van der Waals surface area contributed by atoms with E-state index in [0.29, 0.717) is 24.6 Å². The van der Waals surface area contributed by atoms with Crippen LogP contribution in [0.25, 0.3) is 0 Å². The maximum atomic E-state index is 11.9. The number of nitrogens with zero attached hydrogens (tertiary/aromatic N) is 1. The number of nitrogens with one attached hydrogen (secondary N) is 1. The quantitative estimate of drug-likeness (QED) is 0.911. The van der Waals surface area contributed by atoms with Crippen LogP contribution < -0.4 is 5.32 Å². The van der Waals surface area contributed by atoms with Gasteiger partial charge >= 0.3 is 0 Å². The lowest BCUT2D eigenvalue weighted by Crippen LogP contribution is -2.13. The predicted molar refractivity (Wildman–Crippen MR) is 81.2 cm³/mol. The van der Waals surface area contributed by atoms with E-state index in [4.69, 9.17) is 4.42 Å². The van der Waals surface area contributed by atoms with E-state index < -0.39 is 0 Å². The molecule has 0 unspecified atom stereocenters. The van der Waals surface area contributed by atoms with Crippen molar-refractivity contribution in [3.63, 3.8) is 0 Å². The number of carbonyl (C=O) groups excluding carboxylic acids is 1. The van der Waals surface area contributed by atoms with Gasteiger partial charge in [-0.1, -0.05) is 6.92 Å². The summed E-state index contributed by atoms with van der Waals surface area (Å²) in [5, 5.41) is 2.81. The van der Waals surface area contributed by atoms with Crippen LogP contribution in [0.15, 0.2) is 34.9 Å². The van der Waals surface area contributed by atoms with Crippen LogP contribution in [-0.4, -0.2) is 10.9 Å². The third kappa shape index (κ3) is 3.51. The SMILES string of the molecule is Cc1ccnc(NC(=O)CCc2ccc([C@@H]3C[C@H]3C)o2)c1. The van der Waals surface area contributed by atoms with Gasteiger partial charge in [0.25, 0.3) is 0 Å². The Bertz CT molecular complexity index is 648. The number of carbonyl (C=O) groups is 1. The molecule has 2 atom stereocenters. The van der Waals surface area contributed by atoms with Crippen molar-refractivity contribution in [1.82, 2.24) is 4.98 Å². The zero-order chi connectivity index (χ0) is 14.8. The van der Waals surface area contributed by atoms with E-state index in [1.807, 2.05) is 31.2 Å². The van der Waals surface area contributed by atoms with Crippen molar-refractivity contribution >= 4 is 11.7 Å².